The van der Waals surface area contributed by atoms with E-state index in [9.17, 15) is 14.7 Å². The smallest absolute Gasteiger partial charge is 0.331 e. The van der Waals surface area contributed by atoms with Crippen molar-refractivity contribution in [3.8, 4) is 0 Å². The first-order chi connectivity index (χ1) is 9.62. The Labute approximate surface area is 115 Å². The molecule has 1 aromatic heterocycles. The summed E-state index contributed by atoms with van der Waals surface area (Å²) in [6.45, 7) is 0.303. The number of fused-ring (bicyclic) bond motifs is 1. The molecule has 1 unspecified atom stereocenters. The van der Waals surface area contributed by atoms with Crippen molar-refractivity contribution < 1.29 is 24.0 Å². The van der Waals surface area contributed by atoms with Gasteiger partial charge in [-0.1, -0.05) is 5.16 Å². The van der Waals surface area contributed by atoms with Crippen molar-refractivity contribution in [3.05, 3.63) is 17.0 Å². The first kappa shape index (κ1) is 13.1. The summed E-state index contributed by atoms with van der Waals surface area (Å²) in [6, 6.07) is 0. The molecule has 0 spiro atoms. The van der Waals surface area contributed by atoms with E-state index in [4.69, 9.17) is 9.26 Å². The van der Waals surface area contributed by atoms with Crippen molar-refractivity contribution >= 4 is 11.9 Å². The Kier molecular flexibility index (Phi) is 3.21. The quantitative estimate of drug-likeness (QED) is 0.837. The molecule has 1 amide bonds. The molecular formula is C13H16N2O5. The molecule has 7 heteroatoms. The molecule has 3 rings (SSSR count). The molecule has 0 bridgehead atoms. The van der Waals surface area contributed by atoms with Crippen molar-refractivity contribution in [2.45, 2.75) is 37.6 Å². The SMILES string of the molecule is O=C(NC1(C(=O)O)CCOC1)c1noc2c1CCCC2. The van der Waals surface area contributed by atoms with E-state index in [0.717, 1.165) is 37.0 Å². The van der Waals surface area contributed by atoms with Gasteiger partial charge in [0.05, 0.1) is 6.61 Å². The summed E-state index contributed by atoms with van der Waals surface area (Å²) in [7, 11) is 0. The maximum atomic E-state index is 12.3. The van der Waals surface area contributed by atoms with E-state index in [0.29, 0.717) is 6.61 Å². The fraction of sp³-hybridized carbons (Fsp3) is 0.615. The first-order valence-electron chi connectivity index (χ1n) is 6.73. The summed E-state index contributed by atoms with van der Waals surface area (Å²) in [5.74, 6) is -0.834. The van der Waals surface area contributed by atoms with Gasteiger partial charge >= 0.3 is 5.97 Å². The maximum absolute atomic E-state index is 12.3. The lowest BCUT2D eigenvalue weighted by molar-refractivity contribution is -0.144. The summed E-state index contributed by atoms with van der Waals surface area (Å²) in [4.78, 5) is 23.7. The molecule has 1 saturated heterocycles. The third-order valence-corrected chi connectivity index (χ3v) is 3.95. The van der Waals surface area contributed by atoms with Crippen LogP contribution in [0.2, 0.25) is 0 Å². The highest BCUT2D eigenvalue weighted by atomic mass is 16.5. The van der Waals surface area contributed by atoms with Gasteiger partial charge in [-0.15, -0.1) is 0 Å². The van der Waals surface area contributed by atoms with Crippen LogP contribution in [0, 0.1) is 0 Å². The summed E-state index contributed by atoms with van der Waals surface area (Å²) in [5, 5.41) is 15.7. The molecule has 1 atom stereocenters. The average molecular weight is 280 g/mol. The van der Waals surface area contributed by atoms with Gasteiger partial charge < -0.3 is 19.7 Å². The number of carboxylic acids is 1. The van der Waals surface area contributed by atoms with Crippen molar-refractivity contribution in [1.82, 2.24) is 10.5 Å². The van der Waals surface area contributed by atoms with Gasteiger partial charge in [0.25, 0.3) is 5.91 Å². The van der Waals surface area contributed by atoms with Crippen molar-refractivity contribution in [3.63, 3.8) is 0 Å². The highest BCUT2D eigenvalue weighted by Crippen LogP contribution is 2.25. The second kappa shape index (κ2) is 4.90. The van der Waals surface area contributed by atoms with Crippen LogP contribution in [0.3, 0.4) is 0 Å². The van der Waals surface area contributed by atoms with E-state index in [1.54, 1.807) is 0 Å². The predicted octanol–water partition coefficient (Wildman–Crippen LogP) is 0.527. The van der Waals surface area contributed by atoms with Gasteiger partial charge in [0, 0.05) is 25.0 Å². The molecule has 0 aromatic carbocycles. The van der Waals surface area contributed by atoms with E-state index in [2.05, 4.69) is 10.5 Å². The Hall–Kier alpha value is -1.89. The molecule has 7 nitrogen and oxygen atoms in total. The molecule has 108 valence electrons. The molecule has 1 aliphatic carbocycles. The van der Waals surface area contributed by atoms with Gasteiger partial charge in [-0.3, -0.25) is 4.79 Å². The fourth-order valence-corrected chi connectivity index (χ4v) is 2.73. The minimum Gasteiger partial charge on any atom is -0.479 e. The van der Waals surface area contributed by atoms with E-state index in [1.165, 1.54) is 0 Å². The lowest BCUT2D eigenvalue weighted by atomic mass is 9.95. The Morgan fingerprint density at radius 2 is 2.10 bits per heavy atom. The average Bonchev–Trinajstić information content (AvgIpc) is 3.05. The Morgan fingerprint density at radius 1 is 1.30 bits per heavy atom. The van der Waals surface area contributed by atoms with E-state index >= 15 is 0 Å². The van der Waals surface area contributed by atoms with Crippen LogP contribution in [0.5, 0.6) is 0 Å². The first-order valence-corrected chi connectivity index (χ1v) is 6.73. The minimum absolute atomic E-state index is 0.0197. The lowest BCUT2D eigenvalue weighted by Gasteiger charge is -2.23. The van der Waals surface area contributed by atoms with Crippen LogP contribution in [0.4, 0.5) is 0 Å². The van der Waals surface area contributed by atoms with Crippen LogP contribution in [-0.4, -0.2) is 40.9 Å². The number of hydrogen-bond donors (Lipinski definition) is 2. The van der Waals surface area contributed by atoms with Gasteiger partial charge in [-0.05, 0) is 19.3 Å². The Morgan fingerprint density at radius 3 is 2.80 bits per heavy atom. The summed E-state index contributed by atoms with van der Waals surface area (Å²) >= 11 is 0. The van der Waals surface area contributed by atoms with Gasteiger partial charge in [-0.2, -0.15) is 0 Å². The summed E-state index contributed by atoms with van der Waals surface area (Å²) in [5.41, 5.74) is -0.321. The normalized spacial score (nSPS) is 25.2. The molecule has 2 N–H and O–H groups in total. The van der Waals surface area contributed by atoms with E-state index < -0.39 is 17.4 Å². The molecule has 1 aliphatic heterocycles. The highest BCUT2D eigenvalue weighted by Gasteiger charge is 2.44. The molecule has 1 fully saturated rings. The maximum Gasteiger partial charge on any atom is 0.331 e. The number of amides is 1. The van der Waals surface area contributed by atoms with Gasteiger partial charge in [0.1, 0.15) is 5.76 Å². The van der Waals surface area contributed by atoms with Crippen LogP contribution in [0.25, 0.3) is 0 Å². The monoisotopic (exact) mass is 280 g/mol. The molecule has 2 heterocycles. The number of carboxylic acid groups (broad SMARTS) is 1. The van der Waals surface area contributed by atoms with Crippen molar-refractivity contribution in [2.24, 2.45) is 0 Å². The van der Waals surface area contributed by atoms with Crippen LogP contribution >= 0.6 is 0 Å². The van der Waals surface area contributed by atoms with Gasteiger partial charge in [0.2, 0.25) is 0 Å². The van der Waals surface area contributed by atoms with E-state index in [1.807, 2.05) is 0 Å². The van der Waals surface area contributed by atoms with Gasteiger partial charge in [-0.25, -0.2) is 4.79 Å². The van der Waals surface area contributed by atoms with Crippen LogP contribution in [0.1, 0.15) is 41.1 Å². The third-order valence-electron chi connectivity index (χ3n) is 3.95. The summed E-state index contributed by atoms with van der Waals surface area (Å²) in [6.07, 6.45) is 3.80. The minimum atomic E-state index is -1.35. The zero-order valence-corrected chi connectivity index (χ0v) is 11.0. The van der Waals surface area contributed by atoms with Crippen LogP contribution in [0.15, 0.2) is 4.52 Å². The Balaban J connectivity index is 1.82. The van der Waals surface area contributed by atoms with Gasteiger partial charge in [0.15, 0.2) is 11.2 Å². The second-order valence-electron chi connectivity index (χ2n) is 5.28. The number of aliphatic carboxylic acids is 1. The lowest BCUT2D eigenvalue weighted by Crippen LogP contribution is -2.55. The number of aromatic nitrogens is 1. The topological polar surface area (TPSA) is 102 Å². The number of aryl methyl sites for hydroxylation is 1. The molecule has 20 heavy (non-hydrogen) atoms. The van der Waals surface area contributed by atoms with Crippen molar-refractivity contribution in [1.29, 1.82) is 0 Å². The van der Waals surface area contributed by atoms with Crippen LogP contribution < -0.4 is 5.32 Å². The number of carbonyl (C=O) groups excluding carboxylic acids is 1. The number of rotatable bonds is 3. The zero-order chi connectivity index (χ0) is 14.2. The van der Waals surface area contributed by atoms with Crippen LogP contribution in [-0.2, 0) is 22.4 Å². The number of nitrogens with zero attached hydrogens (tertiary/aromatic N) is 1. The van der Waals surface area contributed by atoms with Crippen molar-refractivity contribution in [2.75, 3.05) is 13.2 Å². The predicted molar refractivity (Wildman–Crippen MR) is 66.4 cm³/mol. The number of ether oxygens (including phenoxy) is 1. The molecule has 0 saturated carbocycles. The third kappa shape index (κ3) is 2.07. The second-order valence-corrected chi connectivity index (χ2v) is 5.28. The molecule has 1 aromatic rings. The molecular weight excluding hydrogens is 264 g/mol. The number of carbonyl (C=O) groups is 2. The number of nitrogens with one attached hydrogen (secondary N) is 1. The largest absolute Gasteiger partial charge is 0.479 e. The number of hydrogen-bond acceptors (Lipinski definition) is 5. The Bertz CT molecular complexity index is 545. The van der Waals surface area contributed by atoms with E-state index in [-0.39, 0.29) is 18.7 Å². The molecule has 0 radical (unpaired) electrons. The standard InChI is InChI=1S/C13H16N2O5/c16-11(14-13(12(17)18)5-6-19-7-13)10-8-3-1-2-4-9(8)20-15-10/h1-7H2,(H,14,16)(H,17,18). The fourth-order valence-electron chi connectivity index (χ4n) is 2.73. The molecule has 2 aliphatic rings. The highest BCUT2D eigenvalue weighted by molar-refractivity contribution is 5.97. The zero-order valence-electron chi connectivity index (χ0n) is 11.0. The summed E-state index contributed by atoms with van der Waals surface area (Å²) < 4.78 is 10.3.